The third-order valence-corrected chi connectivity index (χ3v) is 7.95. The largest absolute Gasteiger partial charge is 0.466 e. The summed E-state index contributed by atoms with van der Waals surface area (Å²) < 4.78 is 40.1. The van der Waals surface area contributed by atoms with Crippen molar-refractivity contribution in [3.8, 4) is 0 Å². The standard InChI is InChI=1S/C29H34N2O9S/c1-19-12-14-24(15-13-19)41(36,37)40-17-8-6-5-7-16-39-29(33)26-21(3)30-20(2)25(28(32)38-4)27(26)22-10-9-11-23(18-22)31(34)35/h9-15,18,27,30H,5-8,16-17H2,1-4H3. The molecule has 2 aromatic rings. The molecule has 1 heterocycles. The Labute approximate surface area is 239 Å². The number of unbranched alkanes of at least 4 members (excludes halogenated alkanes) is 3. The van der Waals surface area contributed by atoms with E-state index >= 15 is 0 Å². The third kappa shape index (κ3) is 8.01. The van der Waals surface area contributed by atoms with E-state index in [2.05, 4.69) is 5.32 Å². The first-order chi connectivity index (χ1) is 19.5. The van der Waals surface area contributed by atoms with Gasteiger partial charge in [0.15, 0.2) is 0 Å². The van der Waals surface area contributed by atoms with E-state index in [1.165, 1.54) is 37.4 Å². The molecule has 0 radical (unpaired) electrons. The first kappa shape index (κ1) is 31.5. The van der Waals surface area contributed by atoms with Crippen LogP contribution < -0.4 is 5.32 Å². The smallest absolute Gasteiger partial charge is 0.336 e. The highest BCUT2D eigenvalue weighted by Crippen LogP contribution is 2.40. The number of non-ortho nitro benzene ring substituents is 1. The van der Waals surface area contributed by atoms with Crippen LogP contribution >= 0.6 is 0 Å². The first-order valence-corrected chi connectivity index (χ1v) is 14.5. The van der Waals surface area contributed by atoms with Crippen molar-refractivity contribution >= 4 is 27.7 Å². The van der Waals surface area contributed by atoms with Crippen molar-refractivity contribution < 1.29 is 36.6 Å². The van der Waals surface area contributed by atoms with Gasteiger partial charge in [-0.1, -0.05) is 36.2 Å². The van der Waals surface area contributed by atoms with E-state index in [0.717, 1.165) is 5.56 Å². The molecule has 0 bridgehead atoms. The summed E-state index contributed by atoms with van der Waals surface area (Å²) in [6, 6.07) is 12.2. The van der Waals surface area contributed by atoms with Crippen molar-refractivity contribution in [3.05, 3.63) is 92.3 Å². The van der Waals surface area contributed by atoms with E-state index in [9.17, 15) is 28.1 Å². The number of aryl methyl sites for hydroxylation is 1. The highest BCUT2D eigenvalue weighted by atomic mass is 32.2. The minimum atomic E-state index is -3.81. The quantitative estimate of drug-likeness (QED) is 0.114. The van der Waals surface area contributed by atoms with Crippen LogP contribution in [0.3, 0.4) is 0 Å². The lowest BCUT2D eigenvalue weighted by Gasteiger charge is -2.30. The van der Waals surface area contributed by atoms with Crippen LogP contribution in [0.2, 0.25) is 0 Å². The van der Waals surface area contributed by atoms with E-state index in [-0.39, 0.29) is 34.9 Å². The van der Waals surface area contributed by atoms with Crippen LogP contribution in [-0.2, 0) is 33.4 Å². The first-order valence-electron chi connectivity index (χ1n) is 13.1. The van der Waals surface area contributed by atoms with Gasteiger partial charge in [0.1, 0.15) is 0 Å². The van der Waals surface area contributed by atoms with Crippen LogP contribution in [-0.4, -0.2) is 45.6 Å². The van der Waals surface area contributed by atoms with Gasteiger partial charge in [-0.2, -0.15) is 8.42 Å². The Morgan fingerprint density at radius 3 is 2.12 bits per heavy atom. The fourth-order valence-corrected chi connectivity index (χ4v) is 5.48. The molecule has 1 unspecified atom stereocenters. The maximum absolute atomic E-state index is 13.3. The zero-order valence-electron chi connectivity index (χ0n) is 23.5. The molecule has 11 nitrogen and oxygen atoms in total. The van der Waals surface area contributed by atoms with E-state index in [1.807, 2.05) is 6.92 Å². The number of ether oxygens (including phenoxy) is 2. The Morgan fingerprint density at radius 1 is 0.902 bits per heavy atom. The van der Waals surface area contributed by atoms with Gasteiger partial charge in [-0.25, -0.2) is 9.59 Å². The Morgan fingerprint density at radius 2 is 1.51 bits per heavy atom. The molecule has 0 saturated heterocycles. The molecule has 0 saturated carbocycles. The fraction of sp³-hybridized carbons (Fsp3) is 0.379. The number of carbonyl (C=O) groups excluding carboxylic acids is 2. The molecule has 0 spiro atoms. The van der Waals surface area contributed by atoms with E-state index < -0.39 is 32.9 Å². The summed E-state index contributed by atoms with van der Waals surface area (Å²) in [5.41, 5.74) is 2.40. The summed E-state index contributed by atoms with van der Waals surface area (Å²) in [5, 5.41) is 14.4. The second kappa shape index (κ2) is 14.0. The van der Waals surface area contributed by atoms with E-state index in [0.29, 0.717) is 42.6 Å². The van der Waals surface area contributed by atoms with Crippen molar-refractivity contribution in [1.82, 2.24) is 5.32 Å². The summed E-state index contributed by atoms with van der Waals surface area (Å²) in [6.07, 6.45) is 2.36. The number of benzene rings is 2. The van der Waals surface area contributed by atoms with Crippen molar-refractivity contribution in [2.75, 3.05) is 20.3 Å². The van der Waals surface area contributed by atoms with Gasteiger partial charge in [-0.15, -0.1) is 0 Å². The molecule has 1 atom stereocenters. The van der Waals surface area contributed by atoms with Crippen LogP contribution in [0.4, 0.5) is 5.69 Å². The molecule has 0 fully saturated rings. The summed E-state index contributed by atoms with van der Waals surface area (Å²) >= 11 is 0. The average molecular weight is 587 g/mol. The van der Waals surface area contributed by atoms with Crippen molar-refractivity contribution in [3.63, 3.8) is 0 Å². The summed E-state index contributed by atoms with van der Waals surface area (Å²) in [7, 11) is -2.59. The van der Waals surface area contributed by atoms with Crippen LogP contribution in [0, 0.1) is 17.0 Å². The molecule has 0 aromatic heterocycles. The Hall–Kier alpha value is -4.03. The number of carbonyl (C=O) groups is 2. The zero-order valence-corrected chi connectivity index (χ0v) is 24.3. The Bertz CT molecular complexity index is 1460. The molecular weight excluding hydrogens is 552 g/mol. The van der Waals surface area contributed by atoms with Gasteiger partial charge >= 0.3 is 11.9 Å². The Balaban J connectivity index is 1.58. The van der Waals surface area contributed by atoms with Crippen molar-refractivity contribution in [1.29, 1.82) is 0 Å². The topological polar surface area (TPSA) is 151 Å². The maximum Gasteiger partial charge on any atom is 0.336 e. The van der Waals surface area contributed by atoms with Crippen LogP contribution in [0.1, 0.15) is 56.6 Å². The number of hydrogen-bond acceptors (Lipinski definition) is 10. The second-order valence-corrected chi connectivity index (χ2v) is 11.2. The minimum Gasteiger partial charge on any atom is -0.466 e. The zero-order chi connectivity index (χ0) is 30.2. The maximum atomic E-state index is 13.3. The number of allylic oxidation sites excluding steroid dienone is 2. The SMILES string of the molecule is COC(=O)C1=C(C)NC(C)=C(C(=O)OCCCCCCOS(=O)(=O)c2ccc(C)cc2)C1c1cccc([N+](=O)[O-])c1. The average Bonchev–Trinajstić information content (AvgIpc) is 2.93. The number of esters is 2. The molecule has 220 valence electrons. The number of rotatable bonds is 13. The lowest BCUT2D eigenvalue weighted by atomic mass is 9.80. The van der Waals surface area contributed by atoms with Gasteiger partial charge in [0.2, 0.25) is 0 Å². The number of methoxy groups -OCH3 is 1. The van der Waals surface area contributed by atoms with Crippen molar-refractivity contribution in [2.45, 2.75) is 57.3 Å². The van der Waals surface area contributed by atoms with Gasteiger partial charge in [-0.05, 0) is 57.7 Å². The summed E-state index contributed by atoms with van der Waals surface area (Å²) in [5.74, 6) is -2.26. The number of nitrogens with one attached hydrogen (secondary N) is 1. The molecule has 2 aromatic carbocycles. The highest BCUT2D eigenvalue weighted by molar-refractivity contribution is 7.86. The molecule has 41 heavy (non-hydrogen) atoms. The van der Waals surface area contributed by atoms with Gasteiger partial charge in [0.25, 0.3) is 15.8 Å². The highest BCUT2D eigenvalue weighted by Gasteiger charge is 2.38. The van der Waals surface area contributed by atoms with E-state index in [1.54, 1.807) is 32.0 Å². The number of dihydropyridines is 1. The molecular formula is C29H34N2O9S. The lowest BCUT2D eigenvalue weighted by Crippen LogP contribution is -2.32. The van der Waals surface area contributed by atoms with Crippen LogP contribution in [0.15, 0.2) is 76.0 Å². The summed E-state index contributed by atoms with van der Waals surface area (Å²) in [4.78, 5) is 36.9. The molecule has 0 amide bonds. The lowest BCUT2D eigenvalue weighted by molar-refractivity contribution is -0.384. The summed E-state index contributed by atoms with van der Waals surface area (Å²) in [6.45, 7) is 5.34. The number of nitro groups is 1. The van der Waals surface area contributed by atoms with Crippen molar-refractivity contribution in [2.24, 2.45) is 0 Å². The van der Waals surface area contributed by atoms with E-state index in [4.69, 9.17) is 13.7 Å². The van der Waals surface area contributed by atoms with Gasteiger partial charge in [0.05, 0.1) is 47.2 Å². The molecule has 0 aliphatic carbocycles. The minimum absolute atomic E-state index is 0.0423. The molecule has 12 heteroatoms. The molecule has 3 rings (SSSR count). The molecule has 1 N–H and O–H groups in total. The van der Waals surface area contributed by atoms with Crippen LogP contribution in [0.25, 0.3) is 0 Å². The molecule has 1 aliphatic heterocycles. The van der Waals surface area contributed by atoms with Gasteiger partial charge in [0, 0.05) is 23.5 Å². The predicted molar refractivity (Wildman–Crippen MR) is 150 cm³/mol. The van der Waals surface area contributed by atoms with Crippen LogP contribution in [0.5, 0.6) is 0 Å². The normalized spacial score (nSPS) is 15.4. The second-order valence-electron chi connectivity index (χ2n) is 9.62. The van der Waals surface area contributed by atoms with Gasteiger partial charge < -0.3 is 14.8 Å². The predicted octanol–water partition coefficient (Wildman–Crippen LogP) is 4.82. The monoisotopic (exact) mass is 586 g/mol. The number of hydrogen-bond donors (Lipinski definition) is 1. The van der Waals surface area contributed by atoms with Gasteiger partial charge in [-0.3, -0.25) is 14.3 Å². The number of nitro benzene ring substituents is 1. The number of nitrogens with zero attached hydrogens (tertiary/aromatic N) is 1. The fourth-order valence-electron chi connectivity index (χ4n) is 4.54. The Kier molecular flexibility index (Phi) is 10.8. The third-order valence-electron chi connectivity index (χ3n) is 6.62. The molecule has 1 aliphatic rings.